The topological polar surface area (TPSA) is 52.7 Å². The predicted molar refractivity (Wildman–Crippen MR) is 116 cm³/mol. The lowest BCUT2D eigenvalue weighted by Crippen LogP contribution is -2.54. The monoisotopic (exact) mass is 415 g/mol. The Bertz CT molecular complexity index is 828. The molecule has 0 unspecified atom stereocenters. The number of likely N-dealkylation sites (tertiary alicyclic amines) is 1. The third-order valence-electron chi connectivity index (χ3n) is 5.60. The standard InChI is InChI=1S/C21H25N3O2S2/c1-2-16-5-7-17(8-6-16)22-20(26)23-11-9-21(10-12-23)24(13-15-28-21)19(25)18-4-3-14-27-18/h3-8,14H,2,9-13,15H2,1H3,(H,22,26). The first-order valence-electron chi connectivity index (χ1n) is 9.75. The van der Waals surface area contributed by atoms with Crippen LogP contribution in [0.25, 0.3) is 0 Å². The van der Waals surface area contributed by atoms with Gasteiger partial charge in [0.1, 0.15) is 0 Å². The molecule has 0 bridgehead atoms. The van der Waals surface area contributed by atoms with Crippen LogP contribution in [0.5, 0.6) is 0 Å². The molecule has 0 aliphatic carbocycles. The normalized spacial score (nSPS) is 18.5. The molecule has 1 N–H and O–H groups in total. The molecular formula is C21H25N3O2S2. The van der Waals surface area contributed by atoms with E-state index in [2.05, 4.69) is 12.2 Å². The molecule has 0 saturated carbocycles. The summed E-state index contributed by atoms with van der Waals surface area (Å²) in [4.78, 5) is 30.1. The van der Waals surface area contributed by atoms with E-state index < -0.39 is 0 Å². The van der Waals surface area contributed by atoms with E-state index >= 15 is 0 Å². The molecular weight excluding hydrogens is 390 g/mol. The summed E-state index contributed by atoms with van der Waals surface area (Å²) in [5.41, 5.74) is 2.08. The molecule has 2 aliphatic rings. The highest BCUT2D eigenvalue weighted by Crippen LogP contribution is 2.44. The summed E-state index contributed by atoms with van der Waals surface area (Å²) in [5, 5.41) is 4.95. The smallest absolute Gasteiger partial charge is 0.321 e. The van der Waals surface area contributed by atoms with Crippen LogP contribution < -0.4 is 5.32 Å². The lowest BCUT2D eigenvalue weighted by atomic mass is 10.0. The SMILES string of the molecule is CCc1ccc(NC(=O)N2CCC3(CC2)SCCN3C(=O)c2cccs2)cc1. The molecule has 28 heavy (non-hydrogen) atoms. The molecule has 1 spiro atoms. The summed E-state index contributed by atoms with van der Waals surface area (Å²) < 4.78 is 0. The second-order valence-corrected chi connectivity index (χ2v) is 9.60. The van der Waals surface area contributed by atoms with Crippen molar-refractivity contribution in [3.63, 3.8) is 0 Å². The van der Waals surface area contributed by atoms with Crippen LogP contribution >= 0.6 is 23.1 Å². The Labute approximate surface area is 174 Å². The summed E-state index contributed by atoms with van der Waals surface area (Å²) in [6.07, 6.45) is 2.62. The van der Waals surface area contributed by atoms with Gasteiger partial charge in [-0.1, -0.05) is 25.1 Å². The number of anilines is 1. The van der Waals surface area contributed by atoms with E-state index in [9.17, 15) is 9.59 Å². The zero-order valence-electron chi connectivity index (χ0n) is 16.0. The van der Waals surface area contributed by atoms with E-state index in [1.54, 1.807) is 0 Å². The van der Waals surface area contributed by atoms with Crippen molar-refractivity contribution in [2.45, 2.75) is 31.1 Å². The molecule has 7 heteroatoms. The molecule has 2 aliphatic heterocycles. The van der Waals surface area contributed by atoms with Crippen LogP contribution in [0.1, 0.15) is 35.0 Å². The molecule has 3 heterocycles. The van der Waals surface area contributed by atoms with Gasteiger partial charge in [0.25, 0.3) is 5.91 Å². The molecule has 1 aromatic carbocycles. The summed E-state index contributed by atoms with van der Waals surface area (Å²) in [5.74, 6) is 1.10. The predicted octanol–water partition coefficient (Wildman–Crippen LogP) is 4.52. The van der Waals surface area contributed by atoms with Crippen LogP contribution in [-0.4, -0.2) is 52.0 Å². The van der Waals surface area contributed by atoms with Gasteiger partial charge >= 0.3 is 6.03 Å². The quantitative estimate of drug-likeness (QED) is 0.802. The first kappa shape index (κ1) is 19.3. The molecule has 2 aromatic rings. The Morgan fingerprint density at radius 1 is 1.11 bits per heavy atom. The third-order valence-corrected chi connectivity index (χ3v) is 8.01. The van der Waals surface area contributed by atoms with Crippen molar-refractivity contribution in [1.82, 2.24) is 9.80 Å². The van der Waals surface area contributed by atoms with Crippen molar-refractivity contribution >= 4 is 40.7 Å². The maximum Gasteiger partial charge on any atom is 0.321 e. The number of piperidine rings is 1. The Morgan fingerprint density at radius 2 is 1.86 bits per heavy atom. The minimum atomic E-state index is -0.166. The van der Waals surface area contributed by atoms with E-state index in [1.165, 1.54) is 16.9 Å². The summed E-state index contributed by atoms with van der Waals surface area (Å²) >= 11 is 3.37. The molecule has 2 saturated heterocycles. The lowest BCUT2D eigenvalue weighted by molar-refractivity contribution is 0.0590. The van der Waals surface area contributed by atoms with Crippen molar-refractivity contribution in [1.29, 1.82) is 0 Å². The number of thiophene rings is 1. The molecule has 148 valence electrons. The number of hydrogen-bond acceptors (Lipinski definition) is 4. The number of carbonyl (C=O) groups is 2. The van der Waals surface area contributed by atoms with Gasteiger partial charge in [0.05, 0.1) is 9.75 Å². The molecule has 0 atom stereocenters. The summed E-state index contributed by atoms with van der Waals surface area (Å²) in [6, 6.07) is 11.8. The fraction of sp³-hybridized carbons (Fsp3) is 0.429. The number of aryl methyl sites for hydroxylation is 1. The van der Waals surface area contributed by atoms with Gasteiger partial charge in [0.2, 0.25) is 0 Å². The number of benzene rings is 1. The molecule has 3 amide bonds. The van der Waals surface area contributed by atoms with Crippen LogP contribution in [-0.2, 0) is 6.42 Å². The van der Waals surface area contributed by atoms with Gasteiger partial charge in [-0.05, 0) is 48.4 Å². The molecule has 4 rings (SSSR count). The highest BCUT2D eigenvalue weighted by molar-refractivity contribution is 8.00. The molecule has 1 aromatic heterocycles. The third kappa shape index (κ3) is 3.78. The first-order valence-corrected chi connectivity index (χ1v) is 11.6. The fourth-order valence-corrected chi connectivity index (χ4v) is 6.06. The Balaban J connectivity index is 1.37. The largest absolute Gasteiger partial charge is 0.324 e. The van der Waals surface area contributed by atoms with Gasteiger partial charge < -0.3 is 15.1 Å². The zero-order valence-corrected chi connectivity index (χ0v) is 17.7. The second-order valence-electron chi connectivity index (χ2n) is 7.20. The van der Waals surface area contributed by atoms with E-state index in [1.807, 2.05) is 63.3 Å². The van der Waals surface area contributed by atoms with Crippen LogP contribution in [0.3, 0.4) is 0 Å². The van der Waals surface area contributed by atoms with E-state index in [-0.39, 0.29) is 16.8 Å². The van der Waals surface area contributed by atoms with Crippen LogP contribution in [0, 0.1) is 0 Å². The van der Waals surface area contributed by atoms with Gasteiger partial charge in [-0.2, -0.15) is 0 Å². The van der Waals surface area contributed by atoms with Crippen LogP contribution in [0.4, 0.5) is 10.5 Å². The summed E-state index contributed by atoms with van der Waals surface area (Å²) in [7, 11) is 0. The van der Waals surface area contributed by atoms with Crippen molar-refractivity contribution < 1.29 is 9.59 Å². The number of urea groups is 1. The van der Waals surface area contributed by atoms with E-state index in [0.717, 1.165) is 42.1 Å². The van der Waals surface area contributed by atoms with Crippen molar-refractivity contribution in [2.24, 2.45) is 0 Å². The number of amides is 3. The Morgan fingerprint density at radius 3 is 2.50 bits per heavy atom. The minimum Gasteiger partial charge on any atom is -0.324 e. The van der Waals surface area contributed by atoms with Crippen molar-refractivity contribution in [2.75, 3.05) is 30.7 Å². The Hall–Kier alpha value is -1.99. The minimum absolute atomic E-state index is 0.0572. The van der Waals surface area contributed by atoms with E-state index in [0.29, 0.717) is 13.1 Å². The second kappa shape index (κ2) is 8.17. The number of rotatable bonds is 3. The molecule has 0 radical (unpaired) electrons. The number of nitrogens with zero attached hydrogens (tertiary/aromatic N) is 2. The average molecular weight is 416 g/mol. The maximum atomic E-state index is 12.9. The van der Waals surface area contributed by atoms with Gasteiger partial charge in [-0.15, -0.1) is 23.1 Å². The van der Waals surface area contributed by atoms with Crippen molar-refractivity contribution in [3.05, 3.63) is 52.2 Å². The Kier molecular flexibility index (Phi) is 5.64. The van der Waals surface area contributed by atoms with Crippen LogP contribution in [0.15, 0.2) is 41.8 Å². The van der Waals surface area contributed by atoms with Crippen molar-refractivity contribution in [3.8, 4) is 0 Å². The van der Waals surface area contributed by atoms with Gasteiger partial charge in [0.15, 0.2) is 0 Å². The average Bonchev–Trinajstić information content (AvgIpc) is 3.39. The van der Waals surface area contributed by atoms with Gasteiger partial charge in [-0.25, -0.2) is 4.79 Å². The number of carbonyl (C=O) groups excluding carboxylic acids is 2. The highest BCUT2D eigenvalue weighted by atomic mass is 32.2. The highest BCUT2D eigenvalue weighted by Gasteiger charge is 2.47. The molecule has 2 fully saturated rings. The molecule has 5 nitrogen and oxygen atoms in total. The maximum absolute atomic E-state index is 12.9. The van der Waals surface area contributed by atoms with Gasteiger partial charge in [-0.3, -0.25) is 4.79 Å². The van der Waals surface area contributed by atoms with Crippen LogP contribution in [0.2, 0.25) is 0 Å². The fourth-order valence-electron chi connectivity index (χ4n) is 3.93. The zero-order chi connectivity index (χ0) is 19.6. The van der Waals surface area contributed by atoms with Gasteiger partial charge in [0, 0.05) is 31.1 Å². The number of thioether (sulfide) groups is 1. The summed E-state index contributed by atoms with van der Waals surface area (Å²) in [6.45, 7) is 4.24. The number of hydrogen-bond donors (Lipinski definition) is 1. The lowest BCUT2D eigenvalue weighted by Gasteiger charge is -2.43. The van der Waals surface area contributed by atoms with E-state index in [4.69, 9.17) is 0 Å². The first-order chi connectivity index (χ1) is 13.6. The number of nitrogens with one attached hydrogen (secondary N) is 1.